The fourth-order valence-electron chi connectivity index (χ4n) is 6.71. The van der Waals surface area contributed by atoms with Crippen molar-refractivity contribution in [1.82, 2.24) is 4.31 Å². The molecule has 12 nitrogen and oxygen atoms in total. The number of ether oxygens (including phenoxy) is 5. The van der Waals surface area contributed by atoms with Gasteiger partial charge in [0.1, 0.15) is 12.4 Å². The molecule has 2 heterocycles. The Morgan fingerprint density at radius 1 is 0.846 bits per heavy atom. The van der Waals surface area contributed by atoms with E-state index in [1.807, 2.05) is 43.3 Å². The van der Waals surface area contributed by atoms with Crippen LogP contribution in [0, 0.1) is 6.92 Å². The fourth-order valence-corrected chi connectivity index (χ4v) is 8.79. The average molecular weight is 761 g/mol. The van der Waals surface area contributed by atoms with Gasteiger partial charge in [0.15, 0.2) is 0 Å². The molecule has 0 amide bonds. The number of benzene rings is 3. The zero-order valence-corrected chi connectivity index (χ0v) is 32.2. The molecule has 0 bridgehead atoms. The van der Waals surface area contributed by atoms with Crippen LogP contribution in [0.1, 0.15) is 47.4 Å². The van der Waals surface area contributed by atoms with Gasteiger partial charge in [0.2, 0.25) is 10.0 Å². The second-order valence-corrected chi connectivity index (χ2v) is 16.9. The molecule has 0 saturated carbocycles. The predicted octanol–water partition coefficient (Wildman–Crippen LogP) is 4.89. The first kappa shape index (κ1) is 40.1. The van der Waals surface area contributed by atoms with Crippen molar-refractivity contribution < 1.29 is 44.7 Å². The molecule has 3 atom stereocenters. The van der Waals surface area contributed by atoms with Gasteiger partial charge in [0, 0.05) is 45.9 Å². The van der Waals surface area contributed by atoms with Crippen molar-refractivity contribution in [2.24, 2.45) is 0 Å². The molecule has 3 aromatic rings. The van der Waals surface area contributed by atoms with Gasteiger partial charge in [-0.1, -0.05) is 48.0 Å². The minimum Gasteiger partial charge on any atom is -0.490 e. The van der Waals surface area contributed by atoms with Crippen molar-refractivity contribution in [2.75, 3.05) is 78.0 Å². The van der Waals surface area contributed by atoms with E-state index in [-0.39, 0.29) is 37.0 Å². The lowest BCUT2D eigenvalue weighted by atomic mass is 9.83. The molecule has 0 aromatic heterocycles. The van der Waals surface area contributed by atoms with Crippen LogP contribution in [-0.4, -0.2) is 106 Å². The molecule has 3 aromatic carbocycles. The van der Waals surface area contributed by atoms with Crippen LogP contribution in [0.2, 0.25) is 0 Å². The number of methoxy groups -OCH3 is 2. The van der Waals surface area contributed by atoms with E-state index < -0.39 is 32.3 Å². The van der Waals surface area contributed by atoms with E-state index in [0.717, 1.165) is 59.5 Å². The van der Waals surface area contributed by atoms with E-state index >= 15 is 0 Å². The first-order valence-corrected chi connectivity index (χ1v) is 20.9. The topological polar surface area (TPSA) is 130 Å². The zero-order chi connectivity index (χ0) is 37.1. The molecule has 52 heavy (non-hydrogen) atoms. The number of anilines is 1. The molecule has 5 rings (SSSR count). The quantitative estimate of drug-likeness (QED) is 0.122. The van der Waals surface area contributed by atoms with Gasteiger partial charge < -0.3 is 28.6 Å². The zero-order valence-electron chi connectivity index (χ0n) is 30.6. The molecule has 0 radical (unpaired) electrons. The van der Waals surface area contributed by atoms with Crippen molar-refractivity contribution in [1.29, 1.82) is 0 Å². The summed E-state index contributed by atoms with van der Waals surface area (Å²) < 4.78 is 87.6. The normalized spacial score (nSPS) is 19.7. The van der Waals surface area contributed by atoms with Gasteiger partial charge in [-0.3, -0.25) is 4.18 Å². The molecule has 2 aliphatic rings. The SMILES string of the molecule is COCCCN1CCOc2ccc(CO[C@H]3CN(S(=O)(=O)c4ccc(C)cc4)[C@@H](CCOS(C)(=O)=O)C[C@@H]3c3ccc(COCCOC)cc3)cc21. The lowest BCUT2D eigenvalue weighted by Gasteiger charge is -2.43. The summed E-state index contributed by atoms with van der Waals surface area (Å²) in [6.07, 6.45) is 1.96. The standard InChI is InChI=1S/C38H52N2O10S2/c1-29-6-13-34(14-7-29)52(43,44)40-26-38(49-28-31-10-15-37-36(24-31)39(18-21-48-37)17-5-19-45-2)35(25-33(40)16-20-50-51(4,41)42)32-11-8-30(9-12-32)27-47-23-22-46-3/h6-15,24,33,35,38H,5,16-23,25-28H2,1-4H3/t33-,35+,38-/m0/s1. The van der Waals surface area contributed by atoms with Gasteiger partial charge in [-0.15, -0.1) is 0 Å². The molecule has 0 aliphatic carbocycles. The lowest BCUT2D eigenvalue weighted by molar-refractivity contribution is -0.0220. The summed E-state index contributed by atoms with van der Waals surface area (Å²) >= 11 is 0. The summed E-state index contributed by atoms with van der Waals surface area (Å²) in [5, 5.41) is 0. The van der Waals surface area contributed by atoms with Crippen LogP contribution in [0.25, 0.3) is 0 Å². The summed E-state index contributed by atoms with van der Waals surface area (Å²) in [5.74, 6) is 0.631. The second-order valence-electron chi connectivity index (χ2n) is 13.3. The van der Waals surface area contributed by atoms with E-state index in [1.54, 1.807) is 38.5 Å². The van der Waals surface area contributed by atoms with Crippen molar-refractivity contribution in [3.63, 3.8) is 0 Å². The molecule has 2 aliphatic heterocycles. The third-order valence-electron chi connectivity index (χ3n) is 9.45. The minimum absolute atomic E-state index is 0.0729. The maximum Gasteiger partial charge on any atom is 0.264 e. The van der Waals surface area contributed by atoms with Crippen LogP contribution >= 0.6 is 0 Å². The molecular formula is C38H52N2O10S2. The van der Waals surface area contributed by atoms with Crippen molar-refractivity contribution in [3.8, 4) is 5.75 Å². The summed E-state index contributed by atoms with van der Waals surface area (Å²) in [4.78, 5) is 2.47. The molecule has 286 valence electrons. The molecule has 0 unspecified atom stereocenters. The minimum atomic E-state index is -3.98. The first-order valence-electron chi connectivity index (χ1n) is 17.7. The van der Waals surface area contributed by atoms with Crippen LogP contribution < -0.4 is 9.64 Å². The number of hydrogen-bond donors (Lipinski definition) is 0. The Kier molecular flexibility index (Phi) is 14.5. The van der Waals surface area contributed by atoms with Gasteiger partial charge in [-0.05, 0) is 67.1 Å². The first-order chi connectivity index (χ1) is 25.0. The maximum atomic E-state index is 14.3. The van der Waals surface area contributed by atoms with Crippen molar-refractivity contribution in [3.05, 3.63) is 89.0 Å². The Balaban J connectivity index is 1.44. The number of nitrogens with zero attached hydrogens (tertiary/aromatic N) is 2. The van der Waals surface area contributed by atoms with E-state index in [9.17, 15) is 16.8 Å². The van der Waals surface area contributed by atoms with Gasteiger partial charge >= 0.3 is 0 Å². The number of fused-ring (bicyclic) bond motifs is 1. The number of hydrogen-bond acceptors (Lipinski definition) is 11. The van der Waals surface area contributed by atoms with E-state index in [2.05, 4.69) is 11.0 Å². The number of piperidine rings is 1. The fraction of sp³-hybridized carbons (Fsp3) is 0.526. The van der Waals surface area contributed by atoms with Gasteiger partial charge in [0.05, 0.1) is 62.5 Å². The molecule has 1 fully saturated rings. The second kappa shape index (κ2) is 18.8. The number of rotatable bonds is 19. The van der Waals surface area contributed by atoms with E-state index in [0.29, 0.717) is 39.5 Å². The number of sulfonamides is 1. The van der Waals surface area contributed by atoms with Gasteiger partial charge in [0.25, 0.3) is 10.1 Å². The van der Waals surface area contributed by atoms with Crippen LogP contribution in [-0.2, 0) is 56.5 Å². The number of aryl methyl sites for hydroxylation is 1. The van der Waals surface area contributed by atoms with E-state index in [4.69, 9.17) is 27.9 Å². The molecular weight excluding hydrogens is 709 g/mol. The highest BCUT2D eigenvalue weighted by atomic mass is 32.2. The molecule has 0 spiro atoms. The highest BCUT2D eigenvalue weighted by Crippen LogP contribution is 2.39. The Hall–Kier alpha value is -3.08. The Morgan fingerprint density at radius 3 is 2.29 bits per heavy atom. The molecule has 14 heteroatoms. The van der Waals surface area contributed by atoms with Crippen LogP contribution in [0.5, 0.6) is 5.75 Å². The third kappa shape index (κ3) is 11.0. The summed E-state index contributed by atoms with van der Waals surface area (Å²) in [6.45, 7) is 6.41. The van der Waals surface area contributed by atoms with Gasteiger partial charge in [-0.25, -0.2) is 8.42 Å². The summed E-state index contributed by atoms with van der Waals surface area (Å²) in [7, 11) is -4.36. The van der Waals surface area contributed by atoms with Gasteiger partial charge in [-0.2, -0.15) is 12.7 Å². The van der Waals surface area contributed by atoms with E-state index in [1.165, 1.54) is 4.31 Å². The monoisotopic (exact) mass is 760 g/mol. The Labute approximate surface area is 309 Å². The average Bonchev–Trinajstić information content (AvgIpc) is 3.12. The van der Waals surface area contributed by atoms with Crippen molar-refractivity contribution in [2.45, 2.75) is 62.4 Å². The van der Waals surface area contributed by atoms with Crippen LogP contribution in [0.15, 0.2) is 71.6 Å². The highest BCUT2D eigenvalue weighted by molar-refractivity contribution is 7.89. The Bertz CT molecular complexity index is 1790. The molecule has 0 N–H and O–H groups in total. The predicted molar refractivity (Wildman–Crippen MR) is 199 cm³/mol. The highest BCUT2D eigenvalue weighted by Gasteiger charge is 2.43. The third-order valence-corrected chi connectivity index (χ3v) is 12.0. The Morgan fingerprint density at radius 2 is 1.58 bits per heavy atom. The van der Waals surface area contributed by atoms with Crippen LogP contribution in [0.4, 0.5) is 5.69 Å². The van der Waals surface area contributed by atoms with Crippen molar-refractivity contribution >= 4 is 25.8 Å². The molecule has 1 saturated heterocycles. The van der Waals surface area contributed by atoms with Crippen LogP contribution in [0.3, 0.4) is 0 Å². The maximum absolute atomic E-state index is 14.3. The summed E-state index contributed by atoms with van der Waals surface area (Å²) in [6, 6.07) is 20.4. The smallest absolute Gasteiger partial charge is 0.264 e. The summed E-state index contributed by atoms with van der Waals surface area (Å²) in [5.41, 5.74) is 4.88. The lowest BCUT2D eigenvalue weighted by Crippen LogP contribution is -2.52. The largest absolute Gasteiger partial charge is 0.490 e.